The van der Waals surface area contributed by atoms with Crippen LogP contribution in [0.25, 0.3) is 0 Å². The highest BCUT2D eigenvalue weighted by molar-refractivity contribution is 7.98. The first-order chi connectivity index (χ1) is 8.19. The number of nitrogens with two attached hydrogens (primary N) is 1. The predicted octanol–water partition coefficient (Wildman–Crippen LogP) is 2.23. The van der Waals surface area contributed by atoms with Crippen molar-refractivity contribution >= 4 is 29.3 Å². The fourth-order valence-corrected chi connectivity index (χ4v) is 1.98. The number of anilines is 3. The van der Waals surface area contributed by atoms with Crippen LogP contribution in [0.5, 0.6) is 0 Å². The van der Waals surface area contributed by atoms with Crippen molar-refractivity contribution in [3.8, 4) is 0 Å². The zero-order chi connectivity index (χ0) is 12.3. The third kappa shape index (κ3) is 2.85. The summed E-state index contributed by atoms with van der Waals surface area (Å²) in [7, 11) is 0. The largest absolute Gasteiger partial charge is 0.368 e. The Morgan fingerprint density at radius 1 is 1.18 bits per heavy atom. The van der Waals surface area contributed by atoms with E-state index in [9.17, 15) is 0 Å². The number of nitrogens with zero attached hydrogens (tertiary/aromatic N) is 3. The molecular weight excluding hydrogens is 234 g/mol. The summed E-state index contributed by atoms with van der Waals surface area (Å²) >= 11 is 1.66. The monoisotopic (exact) mass is 247 g/mol. The molecule has 2 rings (SSSR count). The number of nitrogen functional groups attached to an aromatic ring is 1. The second-order valence-electron chi connectivity index (χ2n) is 3.39. The van der Waals surface area contributed by atoms with Crippen molar-refractivity contribution in [3.05, 3.63) is 30.1 Å². The number of aryl methyl sites for hydroxylation is 1. The fourth-order valence-electron chi connectivity index (χ4n) is 1.43. The molecule has 1 aromatic carbocycles. The average molecular weight is 247 g/mol. The molecule has 0 fully saturated rings. The Labute approximate surface area is 104 Å². The van der Waals surface area contributed by atoms with Gasteiger partial charge in [-0.2, -0.15) is 15.0 Å². The van der Waals surface area contributed by atoms with Gasteiger partial charge in [0, 0.05) is 4.90 Å². The van der Waals surface area contributed by atoms with Crippen LogP contribution in [-0.2, 0) is 0 Å². The Morgan fingerprint density at radius 3 is 2.65 bits per heavy atom. The van der Waals surface area contributed by atoms with Crippen LogP contribution in [0.2, 0.25) is 0 Å². The highest BCUT2D eigenvalue weighted by Gasteiger charge is 2.04. The van der Waals surface area contributed by atoms with Gasteiger partial charge in [-0.15, -0.1) is 11.8 Å². The third-order valence-corrected chi connectivity index (χ3v) is 2.91. The second kappa shape index (κ2) is 5.01. The standard InChI is InChI=1S/C11H13N5S/c1-7-13-10(12)16-11(14-7)15-8-5-3-4-6-9(8)17-2/h3-6H,1-2H3,(H3,12,13,14,15,16). The Hall–Kier alpha value is -1.82. The molecule has 6 heteroatoms. The van der Waals surface area contributed by atoms with E-state index >= 15 is 0 Å². The van der Waals surface area contributed by atoms with Crippen molar-refractivity contribution in [3.63, 3.8) is 0 Å². The van der Waals surface area contributed by atoms with Gasteiger partial charge in [-0.1, -0.05) is 12.1 Å². The molecule has 0 aliphatic carbocycles. The maximum Gasteiger partial charge on any atom is 0.232 e. The lowest BCUT2D eigenvalue weighted by Crippen LogP contribution is -2.05. The van der Waals surface area contributed by atoms with Gasteiger partial charge in [0.2, 0.25) is 11.9 Å². The Kier molecular flexibility index (Phi) is 3.43. The lowest BCUT2D eigenvalue weighted by atomic mass is 10.3. The molecule has 0 bridgehead atoms. The van der Waals surface area contributed by atoms with Gasteiger partial charge in [0.1, 0.15) is 5.82 Å². The third-order valence-electron chi connectivity index (χ3n) is 2.12. The Morgan fingerprint density at radius 2 is 1.94 bits per heavy atom. The summed E-state index contributed by atoms with van der Waals surface area (Å²) < 4.78 is 0. The molecule has 0 saturated heterocycles. The van der Waals surface area contributed by atoms with Gasteiger partial charge in [-0.3, -0.25) is 0 Å². The SMILES string of the molecule is CSc1ccccc1Nc1nc(C)nc(N)n1. The van der Waals surface area contributed by atoms with E-state index in [4.69, 9.17) is 5.73 Å². The van der Waals surface area contributed by atoms with Gasteiger partial charge >= 0.3 is 0 Å². The summed E-state index contributed by atoms with van der Waals surface area (Å²) in [5.74, 6) is 1.29. The van der Waals surface area contributed by atoms with E-state index in [1.54, 1.807) is 18.7 Å². The normalized spacial score (nSPS) is 10.2. The molecule has 0 amide bonds. The summed E-state index contributed by atoms with van der Waals surface area (Å²) in [4.78, 5) is 13.3. The smallest absolute Gasteiger partial charge is 0.232 e. The molecule has 0 unspecified atom stereocenters. The second-order valence-corrected chi connectivity index (χ2v) is 4.24. The molecule has 1 heterocycles. The molecule has 88 valence electrons. The quantitative estimate of drug-likeness (QED) is 0.810. The molecule has 0 atom stereocenters. The zero-order valence-corrected chi connectivity index (χ0v) is 10.5. The Balaban J connectivity index is 2.31. The van der Waals surface area contributed by atoms with Crippen molar-refractivity contribution in [2.45, 2.75) is 11.8 Å². The highest BCUT2D eigenvalue weighted by atomic mass is 32.2. The van der Waals surface area contributed by atoms with Gasteiger partial charge in [0.25, 0.3) is 0 Å². The van der Waals surface area contributed by atoms with Crippen LogP contribution < -0.4 is 11.1 Å². The molecule has 3 N–H and O–H groups in total. The van der Waals surface area contributed by atoms with E-state index in [1.165, 1.54) is 0 Å². The molecule has 0 spiro atoms. The lowest BCUT2D eigenvalue weighted by Gasteiger charge is -2.09. The number of benzene rings is 1. The molecule has 0 aliphatic rings. The average Bonchev–Trinajstić information content (AvgIpc) is 2.28. The van der Waals surface area contributed by atoms with Crippen LogP contribution in [0.1, 0.15) is 5.82 Å². The maximum absolute atomic E-state index is 5.58. The van der Waals surface area contributed by atoms with Crippen LogP contribution in [0.3, 0.4) is 0 Å². The van der Waals surface area contributed by atoms with Crippen molar-refractivity contribution in [1.82, 2.24) is 15.0 Å². The van der Waals surface area contributed by atoms with E-state index in [0.29, 0.717) is 11.8 Å². The van der Waals surface area contributed by atoms with Crippen molar-refractivity contribution in [1.29, 1.82) is 0 Å². The first kappa shape index (κ1) is 11.7. The molecule has 0 radical (unpaired) electrons. The molecule has 1 aromatic heterocycles. The van der Waals surface area contributed by atoms with E-state index < -0.39 is 0 Å². The van der Waals surface area contributed by atoms with Gasteiger partial charge in [-0.05, 0) is 25.3 Å². The number of para-hydroxylation sites is 1. The van der Waals surface area contributed by atoms with Gasteiger partial charge in [0.15, 0.2) is 0 Å². The van der Waals surface area contributed by atoms with E-state index in [-0.39, 0.29) is 5.95 Å². The molecule has 0 aliphatic heterocycles. The molecule has 17 heavy (non-hydrogen) atoms. The number of hydrogen-bond donors (Lipinski definition) is 2. The zero-order valence-electron chi connectivity index (χ0n) is 9.64. The van der Waals surface area contributed by atoms with Gasteiger partial charge in [0.05, 0.1) is 5.69 Å². The molecule has 0 saturated carbocycles. The first-order valence-corrected chi connectivity index (χ1v) is 6.29. The molecular formula is C11H13N5S. The topological polar surface area (TPSA) is 76.7 Å². The van der Waals surface area contributed by atoms with Crippen molar-refractivity contribution in [2.75, 3.05) is 17.3 Å². The van der Waals surface area contributed by atoms with E-state index in [2.05, 4.69) is 20.3 Å². The minimum Gasteiger partial charge on any atom is -0.368 e. The van der Waals surface area contributed by atoms with Crippen LogP contribution in [-0.4, -0.2) is 21.2 Å². The summed E-state index contributed by atoms with van der Waals surface area (Å²) in [6.45, 7) is 1.78. The van der Waals surface area contributed by atoms with Crippen LogP contribution in [0.15, 0.2) is 29.2 Å². The minimum atomic E-state index is 0.224. The highest BCUT2D eigenvalue weighted by Crippen LogP contribution is 2.26. The maximum atomic E-state index is 5.58. The summed E-state index contributed by atoms with van der Waals surface area (Å²) in [5, 5.41) is 3.14. The van der Waals surface area contributed by atoms with Gasteiger partial charge < -0.3 is 11.1 Å². The lowest BCUT2D eigenvalue weighted by molar-refractivity contribution is 0.994. The minimum absolute atomic E-state index is 0.224. The number of hydrogen-bond acceptors (Lipinski definition) is 6. The number of thioether (sulfide) groups is 1. The van der Waals surface area contributed by atoms with Crippen molar-refractivity contribution in [2.24, 2.45) is 0 Å². The van der Waals surface area contributed by atoms with Crippen LogP contribution in [0.4, 0.5) is 17.6 Å². The summed E-state index contributed by atoms with van der Waals surface area (Å²) in [5.41, 5.74) is 6.54. The number of aromatic nitrogens is 3. The Bertz CT molecular complexity index is 509. The van der Waals surface area contributed by atoms with E-state index in [0.717, 1.165) is 10.6 Å². The van der Waals surface area contributed by atoms with Gasteiger partial charge in [-0.25, -0.2) is 0 Å². The number of nitrogens with one attached hydrogen (secondary N) is 1. The van der Waals surface area contributed by atoms with Crippen LogP contribution >= 0.6 is 11.8 Å². The summed E-state index contributed by atoms with van der Waals surface area (Å²) in [6.07, 6.45) is 2.02. The molecule has 2 aromatic rings. The first-order valence-electron chi connectivity index (χ1n) is 5.07. The molecule has 5 nitrogen and oxygen atoms in total. The number of rotatable bonds is 3. The van der Waals surface area contributed by atoms with Crippen molar-refractivity contribution < 1.29 is 0 Å². The van der Waals surface area contributed by atoms with Crippen LogP contribution in [0, 0.1) is 6.92 Å². The predicted molar refractivity (Wildman–Crippen MR) is 70.5 cm³/mol. The van der Waals surface area contributed by atoms with E-state index in [1.807, 2.05) is 30.5 Å². The summed E-state index contributed by atoms with van der Waals surface area (Å²) in [6, 6.07) is 7.95. The fraction of sp³-hybridized carbons (Fsp3) is 0.182.